The first kappa shape index (κ1) is 11.5. The maximum absolute atomic E-state index is 3.42. The zero-order valence-electron chi connectivity index (χ0n) is 9.10. The fourth-order valence-electron chi connectivity index (χ4n) is 1.72. The number of alkyl halides is 1. The molecular formula is C13H17Br. The molecule has 14 heavy (non-hydrogen) atoms. The Bertz CT molecular complexity index is 314. The van der Waals surface area contributed by atoms with Crippen LogP contribution in [0.5, 0.6) is 0 Å². The summed E-state index contributed by atoms with van der Waals surface area (Å²) >= 11 is 3.42. The lowest BCUT2D eigenvalue weighted by molar-refractivity contribution is 1.26. The molecule has 1 heteroatoms. The molecule has 0 aliphatic heterocycles. The van der Waals surface area contributed by atoms with E-state index in [4.69, 9.17) is 0 Å². The predicted octanol–water partition coefficient (Wildman–Crippen LogP) is 4.41. The molecule has 0 N–H and O–H groups in total. The summed E-state index contributed by atoms with van der Waals surface area (Å²) in [7, 11) is 0. The van der Waals surface area contributed by atoms with Crippen molar-refractivity contribution in [1.82, 2.24) is 0 Å². The van der Waals surface area contributed by atoms with Gasteiger partial charge < -0.3 is 0 Å². The molecule has 0 aliphatic rings. The summed E-state index contributed by atoms with van der Waals surface area (Å²) in [6, 6.07) is 4.47. The van der Waals surface area contributed by atoms with E-state index in [1.54, 1.807) is 0 Å². The average molecular weight is 253 g/mol. The fourth-order valence-corrected chi connectivity index (χ4v) is 1.98. The topological polar surface area (TPSA) is 0 Å². The molecule has 0 atom stereocenters. The smallest absolute Gasteiger partial charge is 0.00660 e. The van der Waals surface area contributed by atoms with Crippen LogP contribution in [0, 0.1) is 20.8 Å². The van der Waals surface area contributed by atoms with Crippen LogP contribution in [-0.2, 0) is 0 Å². The minimum atomic E-state index is 1.04. The molecule has 0 aliphatic carbocycles. The number of hydrogen-bond donors (Lipinski definition) is 0. The number of halogens is 1. The van der Waals surface area contributed by atoms with Crippen LogP contribution in [-0.4, -0.2) is 5.33 Å². The van der Waals surface area contributed by atoms with Crippen molar-refractivity contribution in [2.24, 2.45) is 0 Å². The molecule has 0 unspecified atom stereocenters. The summed E-state index contributed by atoms with van der Waals surface area (Å²) < 4.78 is 0. The van der Waals surface area contributed by atoms with Crippen LogP contribution in [0.1, 0.15) is 28.7 Å². The van der Waals surface area contributed by atoms with E-state index in [0.717, 1.165) is 11.8 Å². The Morgan fingerprint density at radius 1 is 1.14 bits per heavy atom. The Morgan fingerprint density at radius 3 is 2.21 bits per heavy atom. The van der Waals surface area contributed by atoms with Gasteiger partial charge in [0, 0.05) is 5.33 Å². The van der Waals surface area contributed by atoms with E-state index < -0.39 is 0 Å². The largest absolute Gasteiger partial charge is 0.0925 e. The lowest BCUT2D eigenvalue weighted by Crippen LogP contribution is -1.88. The maximum Gasteiger partial charge on any atom is 0.00660 e. The van der Waals surface area contributed by atoms with Crippen molar-refractivity contribution in [2.75, 3.05) is 5.33 Å². The maximum atomic E-state index is 3.42. The minimum Gasteiger partial charge on any atom is -0.0925 e. The molecule has 0 spiro atoms. The average Bonchev–Trinajstić information content (AvgIpc) is 2.09. The summed E-state index contributed by atoms with van der Waals surface area (Å²) in [6.07, 6.45) is 5.54. The second kappa shape index (κ2) is 5.35. The van der Waals surface area contributed by atoms with Gasteiger partial charge in [-0.3, -0.25) is 0 Å². The highest BCUT2D eigenvalue weighted by Crippen LogP contribution is 2.18. The van der Waals surface area contributed by atoms with Gasteiger partial charge in [0.05, 0.1) is 0 Å². The first-order valence-electron chi connectivity index (χ1n) is 4.95. The van der Waals surface area contributed by atoms with Gasteiger partial charge in [0.25, 0.3) is 0 Å². The normalized spacial score (nSPS) is 11.1. The SMILES string of the molecule is Cc1cc(C)c(/C=C/CCBr)c(C)c1. The molecule has 1 aromatic rings. The van der Waals surface area contributed by atoms with Crippen molar-refractivity contribution < 1.29 is 0 Å². The van der Waals surface area contributed by atoms with E-state index in [9.17, 15) is 0 Å². The zero-order chi connectivity index (χ0) is 10.6. The third kappa shape index (κ3) is 2.98. The second-order valence-electron chi connectivity index (χ2n) is 3.69. The molecule has 0 heterocycles. The molecule has 0 bridgehead atoms. The summed E-state index contributed by atoms with van der Waals surface area (Å²) in [5.74, 6) is 0. The lowest BCUT2D eigenvalue weighted by atomic mass is 9.99. The first-order valence-corrected chi connectivity index (χ1v) is 6.07. The molecule has 0 nitrogen and oxygen atoms in total. The molecule has 0 aromatic heterocycles. The molecule has 0 fully saturated rings. The van der Waals surface area contributed by atoms with Gasteiger partial charge in [-0.2, -0.15) is 0 Å². The van der Waals surface area contributed by atoms with Crippen LogP contribution in [0.25, 0.3) is 6.08 Å². The van der Waals surface area contributed by atoms with Crippen LogP contribution in [0.15, 0.2) is 18.2 Å². The molecule has 0 amide bonds. The van der Waals surface area contributed by atoms with E-state index in [1.165, 1.54) is 22.3 Å². The van der Waals surface area contributed by atoms with Crippen molar-refractivity contribution in [2.45, 2.75) is 27.2 Å². The third-order valence-corrected chi connectivity index (χ3v) is 2.76. The molecule has 76 valence electrons. The van der Waals surface area contributed by atoms with Crippen LogP contribution < -0.4 is 0 Å². The van der Waals surface area contributed by atoms with Gasteiger partial charge in [0.15, 0.2) is 0 Å². The highest BCUT2D eigenvalue weighted by Gasteiger charge is 1.99. The van der Waals surface area contributed by atoms with E-state index >= 15 is 0 Å². The fraction of sp³-hybridized carbons (Fsp3) is 0.385. The Morgan fingerprint density at radius 2 is 1.71 bits per heavy atom. The van der Waals surface area contributed by atoms with Crippen molar-refractivity contribution in [1.29, 1.82) is 0 Å². The van der Waals surface area contributed by atoms with Gasteiger partial charge in [-0.05, 0) is 43.9 Å². The Balaban J connectivity index is 2.96. The standard InChI is InChI=1S/C13H17Br/c1-10-8-11(2)13(12(3)9-10)6-4-5-7-14/h4,6,8-9H,5,7H2,1-3H3/b6-4+. The molecular weight excluding hydrogens is 236 g/mol. The van der Waals surface area contributed by atoms with Crippen molar-refractivity contribution in [3.63, 3.8) is 0 Å². The summed E-state index contributed by atoms with van der Waals surface area (Å²) in [5, 5.41) is 1.04. The van der Waals surface area contributed by atoms with Crippen LogP contribution in [0.4, 0.5) is 0 Å². The highest BCUT2D eigenvalue weighted by molar-refractivity contribution is 9.09. The van der Waals surface area contributed by atoms with Crippen LogP contribution >= 0.6 is 15.9 Å². The number of benzene rings is 1. The van der Waals surface area contributed by atoms with Gasteiger partial charge >= 0.3 is 0 Å². The highest BCUT2D eigenvalue weighted by atomic mass is 79.9. The number of rotatable bonds is 3. The molecule has 0 saturated heterocycles. The number of allylic oxidation sites excluding steroid dienone is 1. The number of hydrogen-bond acceptors (Lipinski definition) is 0. The Hall–Kier alpha value is -0.560. The predicted molar refractivity (Wildman–Crippen MR) is 68.1 cm³/mol. The monoisotopic (exact) mass is 252 g/mol. The minimum absolute atomic E-state index is 1.04. The molecule has 0 radical (unpaired) electrons. The van der Waals surface area contributed by atoms with Crippen molar-refractivity contribution in [3.8, 4) is 0 Å². The van der Waals surface area contributed by atoms with Crippen molar-refractivity contribution in [3.05, 3.63) is 40.5 Å². The van der Waals surface area contributed by atoms with E-state index in [1.807, 2.05) is 0 Å². The molecule has 0 saturated carbocycles. The lowest BCUT2D eigenvalue weighted by Gasteiger charge is -2.06. The van der Waals surface area contributed by atoms with Crippen molar-refractivity contribution >= 4 is 22.0 Å². The van der Waals surface area contributed by atoms with Gasteiger partial charge in [-0.1, -0.05) is 45.8 Å². The van der Waals surface area contributed by atoms with Crippen LogP contribution in [0.3, 0.4) is 0 Å². The molecule has 1 rings (SSSR count). The van der Waals surface area contributed by atoms with Gasteiger partial charge in [0.1, 0.15) is 0 Å². The molecule has 1 aromatic carbocycles. The van der Waals surface area contributed by atoms with E-state index in [0.29, 0.717) is 0 Å². The van der Waals surface area contributed by atoms with Gasteiger partial charge in [-0.25, -0.2) is 0 Å². The van der Waals surface area contributed by atoms with E-state index in [2.05, 4.69) is 61.0 Å². The van der Waals surface area contributed by atoms with E-state index in [-0.39, 0.29) is 0 Å². The van der Waals surface area contributed by atoms with Crippen LogP contribution in [0.2, 0.25) is 0 Å². The summed E-state index contributed by atoms with van der Waals surface area (Å²) in [6.45, 7) is 6.49. The Kier molecular flexibility index (Phi) is 4.40. The summed E-state index contributed by atoms with van der Waals surface area (Å²) in [5.41, 5.74) is 5.45. The third-order valence-electron chi connectivity index (χ3n) is 2.30. The quantitative estimate of drug-likeness (QED) is 0.700. The second-order valence-corrected chi connectivity index (χ2v) is 4.49. The van der Waals surface area contributed by atoms with Gasteiger partial charge in [0.2, 0.25) is 0 Å². The number of aryl methyl sites for hydroxylation is 3. The van der Waals surface area contributed by atoms with Gasteiger partial charge in [-0.15, -0.1) is 0 Å². The first-order chi connectivity index (χ1) is 6.65. The zero-order valence-corrected chi connectivity index (χ0v) is 10.7. The summed E-state index contributed by atoms with van der Waals surface area (Å²) in [4.78, 5) is 0. The Labute approximate surface area is 95.2 Å².